The number of anilines is 1. The van der Waals surface area contributed by atoms with Gasteiger partial charge >= 0.3 is 0 Å². The topological polar surface area (TPSA) is 158 Å². The lowest BCUT2D eigenvalue weighted by Crippen LogP contribution is -2.37. The second kappa shape index (κ2) is 7.40. The number of benzene rings is 1. The average Bonchev–Trinajstić information content (AvgIpc) is 3.38. The predicted octanol–water partition coefficient (Wildman–Crippen LogP) is 1.49. The molecule has 0 saturated heterocycles. The molecule has 6 N–H and O–H groups in total. The van der Waals surface area contributed by atoms with Gasteiger partial charge in [0.15, 0.2) is 5.56 Å². The molecule has 0 aliphatic heterocycles. The van der Waals surface area contributed by atoms with Crippen molar-refractivity contribution in [3.63, 3.8) is 0 Å². The third-order valence-corrected chi connectivity index (χ3v) is 5.24. The third-order valence-electron chi connectivity index (χ3n) is 5.24. The van der Waals surface area contributed by atoms with Crippen molar-refractivity contribution in [2.24, 2.45) is 11.1 Å². The molecule has 0 unspecified atom stereocenters. The summed E-state index contributed by atoms with van der Waals surface area (Å²) in [7, 11) is 0. The highest BCUT2D eigenvalue weighted by Crippen LogP contribution is 2.31. The number of carbonyl (C=O) groups is 2. The lowest BCUT2D eigenvalue weighted by molar-refractivity contribution is 0.0943. The highest BCUT2D eigenvalue weighted by molar-refractivity contribution is 6.02. The molecule has 4 rings (SSSR count). The van der Waals surface area contributed by atoms with Crippen molar-refractivity contribution in [2.75, 3.05) is 5.73 Å². The molecule has 0 spiro atoms. The number of aromatic nitrogens is 3. The number of amides is 2. The van der Waals surface area contributed by atoms with E-state index in [4.69, 9.17) is 11.5 Å². The molecule has 10 heteroatoms. The van der Waals surface area contributed by atoms with Crippen LogP contribution in [0.2, 0.25) is 0 Å². The van der Waals surface area contributed by atoms with Gasteiger partial charge in [0, 0.05) is 29.9 Å². The molecule has 32 heavy (non-hydrogen) atoms. The zero-order valence-corrected chi connectivity index (χ0v) is 18.2. The van der Waals surface area contributed by atoms with E-state index >= 15 is 0 Å². The summed E-state index contributed by atoms with van der Waals surface area (Å²) in [5.74, 6) is -1.91. The second-order valence-corrected chi connectivity index (χ2v) is 9.33. The van der Waals surface area contributed by atoms with Gasteiger partial charge in [-0.1, -0.05) is 26.8 Å². The van der Waals surface area contributed by atoms with Crippen LogP contribution < -0.4 is 22.3 Å². The summed E-state index contributed by atoms with van der Waals surface area (Å²) in [6.45, 7) is 6.11. The smallest absolute Gasteiger partial charge is 0.270 e. The predicted molar refractivity (Wildman–Crippen MR) is 119 cm³/mol. The first kappa shape index (κ1) is 21.4. The Balaban J connectivity index is 2.01. The summed E-state index contributed by atoms with van der Waals surface area (Å²) in [5, 5.41) is 18.0. The van der Waals surface area contributed by atoms with Gasteiger partial charge in [0.1, 0.15) is 5.65 Å². The van der Waals surface area contributed by atoms with Crippen LogP contribution in [0.4, 0.5) is 5.69 Å². The van der Waals surface area contributed by atoms with Gasteiger partial charge in [-0.15, -0.1) is 0 Å². The van der Waals surface area contributed by atoms with Gasteiger partial charge in [0.05, 0.1) is 11.3 Å². The van der Waals surface area contributed by atoms with Crippen LogP contribution in [-0.4, -0.2) is 37.1 Å². The molecule has 0 atom stereocenters. The summed E-state index contributed by atoms with van der Waals surface area (Å²) in [4.78, 5) is 38.0. The normalized spacial score (nSPS) is 14.0. The van der Waals surface area contributed by atoms with Crippen LogP contribution in [-0.2, 0) is 6.54 Å². The van der Waals surface area contributed by atoms with Gasteiger partial charge < -0.3 is 21.9 Å². The Hall–Kier alpha value is -3.82. The number of hydrogen-bond acceptors (Lipinski definition) is 6. The van der Waals surface area contributed by atoms with E-state index in [1.165, 1.54) is 10.6 Å². The van der Waals surface area contributed by atoms with Crippen LogP contribution in [0.15, 0.2) is 29.1 Å². The molecule has 2 amide bonds. The Morgan fingerprint density at radius 2 is 1.97 bits per heavy atom. The third kappa shape index (κ3) is 3.79. The molecule has 168 valence electrons. The Kier molecular flexibility index (Phi) is 4.95. The first-order valence-corrected chi connectivity index (χ1v) is 10.3. The van der Waals surface area contributed by atoms with E-state index in [-0.39, 0.29) is 46.2 Å². The van der Waals surface area contributed by atoms with E-state index < -0.39 is 23.3 Å². The maximum atomic E-state index is 13.3. The minimum absolute atomic E-state index is 0.00323. The quantitative estimate of drug-likeness (QED) is 0.442. The molecule has 10 nitrogen and oxygen atoms in total. The summed E-state index contributed by atoms with van der Waals surface area (Å²) in [6.07, 6.45) is 1.67. The molecule has 1 fully saturated rings. The highest BCUT2D eigenvalue weighted by Gasteiger charge is 2.30. The van der Waals surface area contributed by atoms with Crippen molar-refractivity contribution in [1.82, 2.24) is 19.5 Å². The van der Waals surface area contributed by atoms with Crippen LogP contribution in [0.25, 0.3) is 16.9 Å². The van der Waals surface area contributed by atoms with Gasteiger partial charge in [0.25, 0.3) is 11.5 Å². The van der Waals surface area contributed by atoms with E-state index in [1.54, 1.807) is 18.2 Å². The van der Waals surface area contributed by atoms with Crippen LogP contribution in [0.3, 0.4) is 0 Å². The lowest BCUT2D eigenvalue weighted by Gasteiger charge is -2.21. The van der Waals surface area contributed by atoms with Crippen LogP contribution in [0, 0.1) is 5.41 Å². The first-order chi connectivity index (χ1) is 15.0. The molecule has 1 aromatic carbocycles. The van der Waals surface area contributed by atoms with E-state index in [1.807, 2.05) is 20.8 Å². The van der Waals surface area contributed by atoms with Gasteiger partial charge in [-0.05, 0) is 30.4 Å². The van der Waals surface area contributed by atoms with Crippen molar-refractivity contribution < 1.29 is 14.7 Å². The fraction of sp³-hybridized carbons (Fsp3) is 0.364. The largest absolute Gasteiger partial charge is 0.492 e. The summed E-state index contributed by atoms with van der Waals surface area (Å²) in [5.41, 5.74) is 11.5. The van der Waals surface area contributed by atoms with E-state index in [0.29, 0.717) is 5.56 Å². The van der Waals surface area contributed by atoms with Crippen LogP contribution in [0.1, 0.15) is 54.3 Å². The second-order valence-electron chi connectivity index (χ2n) is 9.33. The first-order valence-electron chi connectivity index (χ1n) is 10.3. The number of carbonyl (C=O) groups excluding carboxylic acids is 2. The number of nitrogens with zero attached hydrogens (tertiary/aromatic N) is 3. The lowest BCUT2D eigenvalue weighted by atomic mass is 9.96. The number of nitrogens with two attached hydrogens (primary N) is 2. The van der Waals surface area contributed by atoms with Gasteiger partial charge in [-0.3, -0.25) is 19.0 Å². The number of fused-ring (bicyclic) bond motifs is 1. The van der Waals surface area contributed by atoms with Crippen molar-refractivity contribution in [2.45, 2.75) is 46.2 Å². The number of nitrogens with one attached hydrogen (secondary N) is 1. The molecular formula is C22H26N6O4. The fourth-order valence-corrected chi connectivity index (χ4v) is 3.65. The Labute approximate surface area is 183 Å². The monoisotopic (exact) mass is 438 g/mol. The van der Waals surface area contributed by atoms with E-state index in [9.17, 15) is 19.5 Å². The number of primary amides is 1. The number of hydrogen-bond donors (Lipinski definition) is 4. The number of aromatic hydroxyl groups is 1. The van der Waals surface area contributed by atoms with Crippen molar-refractivity contribution in [3.05, 3.63) is 45.7 Å². The average molecular weight is 438 g/mol. The summed E-state index contributed by atoms with van der Waals surface area (Å²) in [6, 6.07) is 6.27. The maximum Gasteiger partial charge on any atom is 0.270 e. The van der Waals surface area contributed by atoms with Crippen LogP contribution >= 0.6 is 0 Å². The molecule has 2 aromatic heterocycles. The number of rotatable bonds is 5. The number of nitrogen functional groups attached to an aromatic ring is 1. The van der Waals surface area contributed by atoms with Crippen molar-refractivity contribution in [3.8, 4) is 17.1 Å². The van der Waals surface area contributed by atoms with Crippen LogP contribution in [0.5, 0.6) is 5.88 Å². The zero-order chi connectivity index (χ0) is 23.4. The SMILES string of the molecule is CC(C)(C)Cn1c(=O)c(C(=O)NC2CC2)c(O)n2nc(-c3c(N)cccc3C(N)=O)cc12. The molecule has 1 saturated carbocycles. The fourth-order valence-electron chi connectivity index (χ4n) is 3.65. The van der Waals surface area contributed by atoms with E-state index in [0.717, 1.165) is 17.4 Å². The summed E-state index contributed by atoms with van der Waals surface area (Å²) >= 11 is 0. The van der Waals surface area contributed by atoms with Gasteiger partial charge in [-0.2, -0.15) is 9.61 Å². The molecule has 1 aliphatic rings. The molecule has 0 bridgehead atoms. The molecular weight excluding hydrogens is 412 g/mol. The summed E-state index contributed by atoms with van der Waals surface area (Å²) < 4.78 is 2.53. The minimum Gasteiger partial charge on any atom is -0.492 e. The van der Waals surface area contributed by atoms with Crippen molar-refractivity contribution in [1.29, 1.82) is 0 Å². The van der Waals surface area contributed by atoms with Gasteiger partial charge in [-0.25, -0.2) is 0 Å². The Morgan fingerprint density at radius 1 is 1.28 bits per heavy atom. The molecule has 1 aliphatic carbocycles. The minimum atomic E-state index is -0.690. The molecule has 0 radical (unpaired) electrons. The van der Waals surface area contributed by atoms with Crippen molar-refractivity contribution >= 4 is 23.1 Å². The van der Waals surface area contributed by atoms with Gasteiger partial charge in [0.2, 0.25) is 11.8 Å². The Morgan fingerprint density at radius 3 is 2.56 bits per heavy atom. The zero-order valence-electron chi connectivity index (χ0n) is 18.2. The standard InChI is InChI=1S/C22H26N6O4/c1-22(2,3)10-27-15-9-14(16-12(18(24)29)5-4-6-13(16)23)26-28(15)21(32)17(20(27)31)19(30)25-11-7-8-11/h4-6,9,11,32H,7-8,10,23H2,1-3H3,(H2,24,29)(H,25,30). The Bertz CT molecular complexity index is 1310. The molecule has 3 aromatic rings. The maximum absolute atomic E-state index is 13.3. The highest BCUT2D eigenvalue weighted by atomic mass is 16.3. The molecule has 2 heterocycles. The van der Waals surface area contributed by atoms with E-state index in [2.05, 4.69) is 10.4 Å².